The van der Waals surface area contributed by atoms with Crippen LogP contribution in [0.25, 0.3) is 0 Å². The van der Waals surface area contributed by atoms with E-state index in [4.69, 9.17) is 4.74 Å². The minimum absolute atomic E-state index is 0.195. The quantitative estimate of drug-likeness (QED) is 0.740. The van der Waals surface area contributed by atoms with Crippen LogP contribution in [0.2, 0.25) is 0 Å². The average molecular weight is 392 g/mol. The molecule has 2 unspecified atom stereocenters. The first kappa shape index (κ1) is 19.7. The third-order valence-corrected chi connectivity index (χ3v) is 6.69. The maximum Gasteiger partial charge on any atom is 0.328 e. The van der Waals surface area contributed by atoms with Crippen LogP contribution in [0.15, 0.2) is 66.2 Å². The highest BCUT2D eigenvalue weighted by molar-refractivity contribution is 5.82. The zero-order valence-corrected chi connectivity index (χ0v) is 17.0. The molecule has 1 saturated carbocycles. The molecule has 4 rings (SSSR count). The molecular weight excluding hydrogens is 362 g/mol. The number of carboxylic acid groups (broad SMARTS) is 1. The highest BCUT2D eigenvalue weighted by Gasteiger charge is 2.48. The van der Waals surface area contributed by atoms with Crippen LogP contribution < -0.4 is 4.74 Å². The first-order valence-electron chi connectivity index (χ1n) is 10.5. The van der Waals surface area contributed by atoms with Crippen LogP contribution in [-0.2, 0) is 16.6 Å². The second-order valence-corrected chi connectivity index (χ2v) is 8.18. The Kier molecular flexibility index (Phi) is 5.72. The molecular formula is C25H29NO3. The summed E-state index contributed by atoms with van der Waals surface area (Å²) >= 11 is 0. The lowest BCUT2D eigenvalue weighted by Crippen LogP contribution is -2.54. The van der Waals surface area contributed by atoms with Gasteiger partial charge in [-0.05, 0) is 61.1 Å². The largest absolute Gasteiger partial charge is 0.497 e. The van der Waals surface area contributed by atoms with Crippen LogP contribution in [0.5, 0.6) is 5.75 Å². The predicted octanol–water partition coefficient (Wildman–Crippen LogP) is 4.44. The lowest BCUT2D eigenvalue weighted by atomic mass is 9.60. The van der Waals surface area contributed by atoms with Gasteiger partial charge in [0.15, 0.2) is 0 Å². The minimum Gasteiger partial charge on any atom is -0.497 e. The van der Waals surface area contributed by atoms with Gasteiger partial charge in [0.25, 0.3) is 0 Å². The van der Waals surface area contributed by atoms with E-state index in [2.05, 4.69) is 41.3 Å². The van der Waals surface area contributed by atoms with E-state index in [1.54, 1.807) is 7.11 Å². The summed E-state index contributed by atoms with van der Waals surface area (Å²) in [7, 11) is 1.68. The van der Waals surface area contributed by atoms with E-state index < -0.39 is 5.97 Å². The van der Waals surface area contributed by atoms with Crippen molar-refractivity contribution in [2.24, 2.45) is 0 Å². The van der Waals surface area contributed by atoms with Gasteiger partial charge < -0.3 is 9.84 Å². The molecule has 2 aromatic rings. The number of benzene rings is 2. The smallest absolute Gasteiger partial charge is 0.328 e. The molecule has 2 atom stereocenters. The average Bonchev–Trinajstić information content (AvgIpc) is 2.74. The van der Waals surface area contributed by atoms with Crippen LogP contribution in [0.4, 0.5) is 0 Å². The summed E-state index contributed by atoms with van der Waals surface area (Å²) in [5, 5.41) is 9.66. The fourth-order valence-corrected chi connectivity index (χ4v) is 5.28. The Morgan fingerprint density at radius 1 is 1.21 bits per heavy atom. The Labute approximate surface area is 172 Å². The van der Waals surface area contributed by atoms with Crippen molar-refractivity contribution in [2.75, 3.05) is 20.2 Å². The van der Waals surface area contributed by atoms with Crippen LogP contribution in [0.3, 0.4) is 0 Å². The van der Waals surface area contributed by atoms with Crippen LogP contribution >= 0.6 is 0 Å². The number of fused-ring (bicyclic) bond motifs is 2. The molecule has 1 aliphatic heterocycles. The van der Waals surface area contributed by atoms with Crippen molar-refractivity contribution in [1.29, 1.82) is 0 Å². The van der Waals surface area contributed by atoms with E-state index in [0.29, 0.717) is 0 Å². The molecule has 2 aromatic carbocycles. The molecule has 0 spiro atoms. The molecule has 29 heavy (non-hydrogen) atoms. The first-order chi connectivity index (χ1) is 14.1. The van der Waals surface area contributed by atoms with Gasteiger partial charge in [-0.3, -0.25) is 4.90 Å². The molecule has 152 valence electrons. The summed E-state index contributed by atoms with van der Waals surface area (Å²) in [5.74, 6) is -0.00994. The van der Waals surface area contributed by atoms with Crippen molar-refractivity contribution in [1.82, 2.24) is 4.90 Å². The summed E-state index contributed by atoms with van der Waals surface area (Å²) < 4.78 is 5.46. The molecule has 0 amide bonds. The van der Waals surface area contributed by atoms with E-state index in [1.807, 2.05) is 18.2 Å². The van der Waals surface area contributed by atoms with E-state index in [1.165, 1.54) is 17.2 Å². The van der Waals surface area contributed by atoms with Gasteiger partial charge in [-0.25, -0.2) is 4.79 Å². The minimum atomic E-state index is -0.843. The van der Waals surface area contributed by atoms with E-state index in [9.17, 15) is 9.90 Å². The molecule has 1 N–H and O–H groups in total. The lowest BCUT2D eigenvalue weighted by Gasteiger charge is -2.53. The number of methoxy groups -OCH3 is 1. The summed E-state index contributed by atoms with van der Waals surface area (Å²) in [4.78, 5) is 14.3. The Morgan fingerprint density at radius 2 is 2.03 bits per heavy atom. The molecule has 0 radical (unpaired) electrons. The van der Waals surface area contributed by atoms with Gasteiger partial charge in [0.05, 0.1) is 7.11 Å². The van der Waals surface area contributed by atoms with Gasteiger partial charge in [0.1, 0.15) is 5.75 Å². The maximum absolute atomic E-state index is 11.8. The first-order valence-corrected chi connectivity index (χ1v) is 10.5. The second kappa shape index (κ2) is 8.42. The molecule has 1 aliphatic carbocycles. The van der Waals surface area contributed by atoms with E-state index in [0.717, 1.165) is 56.5 Å². The van der Waals surface area contributed by atoms with E-state index in [-0.39, 0.29) is 11.5 Å². The van der Waals surface area contributed by atoms with Crippen molar-refractivity contribution >= 4 is 5.97 Å². The Bertz CT molecular complexity index is 892. The molecule has 2 aliphatic rings. The molecule has 2 bridgehead atoms. The fraction of sp³-hybridized carbons (Fsp3) is 0.400. The second-order valence-electron chi connectivity index (χ2n) is 8.18. The number of carbonyl (C=O) groups is 1. The number of piperidine rings is 1. The number of hydrogen-bond acceptors (Lipinski definition) is 3. The predicted molar refractivity (Wildman–Crippen MR) is 114 cm³/mol. The van der Waals surface area contributed by atoms with Gasteiger partial charge in [-0.1, -0.05) is 48.9 Å². The van der Waals surface area contributed by atoms with Crippen LogP contribution in [-0.4, -0.2) is 42.2 Å². The van der Waals surface area contributed by atoms with Crippen molar-refractivity contribution in [3.05, 3.63) is 77.4 Å². The molecule has 1 saturated heterocycles. The number of nitrogens with zero attached hydrogens (tertiary/aromatic N) is 1. The lowest BCUT2D eigenvalue weighted by molar-refractivity contribution is -0.131. The number of likely N-dealkylation sites (tertiary alicyclic amines) is 1. The highest BCUT2D eigenvalue weighted by atomic mass is 16.5. The van der Waals surface area contributed by atoms with Crippen molar-refractivity contribution < 1.29 is 14.6 Å². The monoisotopic (exact) mass is 391 g/mol. The van der Waals surface area contributed by atoms with Gasteiger partial charge in [-0.2, -0.15) is 0 Å². The van der Waals surface area contributed by atoms with Crippen molar-refractivity contribution in [2.45, 2.75) is 43.6 Å². The Hall–Kier alpha value is -2.59. The fourth-order valence-electron chi connectivity index (χ4n) is 5.28. The summed E-state index contributed by atoms with van der Waals surface area (Å²) in [6.07, 6.45) is 6.58. The van der Waals surface area contributed by atoms with Crippen molar-refractivity contribution in [3.63, 3.8) is 0 Å². The number of carboxylic acids is 1. The van der Waals surface area contributed by atoms with Gasteiger partial charge in [0.2, 0.25) is 0 Å². The number of ether oxygens (including phenoxy) is 1. The Balaban J connectivity index is 1.65. The number of hydrogen-bond donors (Lipinski definition) is 1. The normalized spacial score (nSPS) is 25.7. The maximum atomic E-state index is 11.8. The third-order valence-electron chi connectivity index (χ3n) is 6.69. The highest BCUT2D eigenvalue weighted by Crippen LogP contribution is 2.51. The van der Waals surface area contributed by atoms with Gasteiger partial charge in [0, 0.05) is 24.1 Å². The van der Waals surface area contributed by atoms with E-state index >= 15 is 0 Å². The molecule has 4 nitrogen and oxygen atoms in total. The number of aliphatic carboxylic acids is 1. The SMILES string of the molecule is COc1cccc(C23CCCC(/C2=C\C(=O)O)N(CCc2ccccc2)CC3)c1. The topological polar surface area (TPSA) is 49.8 Å². The van der Waals surface area contributed by atoms with Crippen LogP contribution in [0.1, 0.15) is 36.8 Å². The third kappa shape index (κ3) is 3.95. The summed E-state index contributed by atoms with van der Waals surface area (Å²) in [6, 6.07) is 18.9. The molecule has 0 aromatic heterocycles. The standard InChI is InChI=1S/C25H29NO3/c1-29-21-10-5-9-20(17-21)25-13-6-11-23(22(25)18-24(27)28)26(16-14-25)15-12-19-7-3-2-4-8-19/h2-5,7-10,17-18,23H,6,11-16H2,1H3,(H,27,28)/b22-18+. The van der Waals surface area contributed by atoms with Gasteiger partial charge in [-0.15, -0.1) is 0 Å². The zero-order valence-electron chi connectivity index (χ0n) is 17.0. The Morgan fingerprint density at radius 3 is 2.79 bits per heavy atom. The van der Waals surface area contributed by atoms with Crippen LogP contribution in [0, 0.1) is 0 Å². The molecule has 4 heteroatoms. The summed E-state index contributed by atoms with van der Waals surface area (Å²) in [5.41, 5.74) is 3.40. The van der Waals surface area contributed by atoms with Crippen molar-refractivity contribution in [3.8, 4) is 5.75 Å². The summed E-state index contributed by atoms with van der Waals surface area (Å²) in [6.45, 7) is 1.95. The molecule has 2 fully saturated rings. The number of rotatable bonds is 6. The molecule has 1 heterocycles. The van der Waals surface area contributed by atoms with Gasteiger partial charge >= 0.3 is 5.97 Å². The zero-order chi connectivity index (χ0) is 20.3.